The summed E-state index contributed by atoms with van der Waals surface area (Å²) in [5.41, 5.74) is 6.30. The molecule has 26 heavy (non-hydrogen) atoms. The van der Waals surface area contributed by atoms with Crippen LogP contribution in [0.15, 0.2) is 24.3 Å². The Morgan fingerprint density at radius 1 is 1.23 bits per heavy atom. The second kappa shape index (κ2) is 7.19. The third kappa shape index (κ3) is 4.04. The zero-order chi connectivity index (χ0) is 19.8. The number of nitrogens with two attached hydrogens (primary N) is 1. The summed E-state index contributed by atoms with van der Waals surface area (Å²) in [6, 6.07) is 7.82. The first kappa shape index (κ1) is 20.7. The SMILES string of the molecule is CCc1ccc(C2C(S(=O)(=O)CC)C2(CN)NC(=O)OC(C)(C)C)cc1. The standard InChI is InChI=1S/C19H30N2O4S/c1-6-13-8-10-14(11-9-13)15-16(26(23,24)7-2)19(15,12-20)21-17(22)25-18(3,4)5/h8-11,15-16H,6-7,12,20H2,1-5H3,(H,21,22). The number of benzene rings is 1. The van der Waals surface area contributed by atoms with E-state index in [1.54, 1.807) is 27.7 Å². The maximum absolute atomic E-state index is 12.7. The third-order valence-electron chi connectivity index (χ3n) is 4.86. The number of nitrogens with one attached hydrogen (secondary N) is 1. The maximum atomic E-state index is 12.7. The van der Waals surface area contributed by atoms with Crippen molar-refractivity contribution in [3.8, 4) is 0 Å². The Hall–Kier alpha value is -1.60. The molecule has 0 aliphatic heterocycles. The van der Waals surface area contributed by atoms with Gasteiger partial charge in [0, 0.05) is 18.2 Å². The van der Waals surface area contributed by atoms with Gasteiger partial charge in [0.15, 0.2) is 9.84 Å². The zero-order valence-electron chi connectivity index (χ0n) is 16.2. The first-order chi connectivity index (χ1) is 12.0. The van der Waals surface area contributed by atoms with Crippen LogP contribution in [0.3, 0.4) is 0 Å². The van der Waals surface area contributed by atoms with Gasteiger partial charge in [-0.25, -0.2) is 13.2 Å². The van der Waals surface area contributed by atoms with Gasteiger partial charge < -0.3 is 15.8 Å². The monoisotopic (exact) mass is 382 g/mol. The smallest absolute Gasteiger partial charge is 0.408 e. The van der Waals surface area contributed by atoms with E-state index in [9.17, 15) is 13.2 Å². The third-order valence-corrected chi connectivity index (χ3v) is 7.14. The van der Waals surface area contributed by atoms with E-state index in [-0.39, 0.29) is 18.2 Å². The van der Waals surface area contributed by atoms with Crippen LogP contribution in [0.2, 0.25) is 0 Å². The molecule has 1 saturated carbocycles. The van der Waals surface area contributed by atoms with Crippen molar-refractivity contribution in [2.45, 2.75) is 63.3 Å². The van der Waals surface area contributed by atoms with Crippen LogP contribution in [-0.2, 0) is 21.0 Å². The molecule has 0 heterocycles. The minimum atomic E-state index is -3.40. The van der Waals surface area contributed by atoms with Crippen molar-refractivity contribution >= 4 is 15.9 Å². The van der Waals surface area contributed by atoms with E-state index in [1.165, 1.54) is 5.56 Å². The van der Waals surface area contributed by atoms with Crippen molar-refractivity contribution in [3.05, 3.63) is 35.4 Å². The Balaban J connectivity index is 2.38. The molecular weight excluding hydrogens is 352 g/mol. The van der Waals surface area contributed by atoms with Crippen molar-refractivity contribution in [1.82, 2.24) is 5.32 Å². The molecule has 3 atom stereocenters. The molecule has 3 N–H and O–H groups in total. The van der Waals surface area contributed by atoms with Gasteiger partial charge in [0.1, 0.15) is 5.60 Å². The van der Waals surface area contributed by atoms with E-state index in [1.807, 2.05) is 24.3 Å². The molecule has 0 radical (unpaired) electrons. The summed E-state index contributed by atoms with van der Waals surface area (Å²) in [5.74, 6) is -0.380. The van der Waals surface area contributed by atoms with Gasteiger partial charge in [0.2, 0.25) is 0 Å². The van der Waals surface area contributed by atoms with E-state index in [4.69, 9.17) is 10.5 Å². The zero-order valence-corrected chi connectivity index (χ0v) is 17.0. The molecule has 1 aliphatic rings. The molecule has 0 spiro atoms. The lowest BCUT2D eigenvalue weighted by atomic mass is 10.0. The number of rotatable bonds is 6. The number of sulfone groups is 1. The topological polar surface area (TPSA) is 98.5 Å². The number of hydrogen-bond donors (Lipinski definition) is 2. The molecule has 1 fully saturated rings. The van der Waals surface area contributed by atoms with Crippen LogP contribution >= 0.6 is 0 Å². The van der Waals surface area contributed by atoms with Gasteiger partial charge in [-0.05, 0) is 38.3 Å². The Bertz CT molecular complexity index is 753. The van der Waals surface area contributed by atoms with E-state index >= 15 is 0 Å². The highest BCUT2D eigenvalue weighted by molar-refractivity contribution is 7.92. The minimum absolute atomic E-state index is 0.00103. The van der Waals surface area contributed by atoms with Crippen molar-refractivity contribution in [2.75, 3.05) is 12.3 Å². The van der Waals surface area contributed by atoms with Crippen LogP contribution in [0, 0.1) is 0 Å². The number of ether oxygens (including phenoxy) is 1. The maximum Gasteiger partial charge on any atom is 0.408 e. The van der Waals surface area contributed by atoms with Gasteiger partial charge in [-0.15, -0.1) is 0 Å². The van der Waals surface area contributed by atoms with Gasteiger partial charge in [-0.1, -0.05) is 38.1 Å². The normalized spacial score (nSPS) is 25.6. The van der Waals surface area contributed by atoms with Crippen molar-refractivity contribution < 1.29 is 17.9 Å². The molecule has 1 aromatic carbocycles. The van der Waals surface area contributed by atoms with Gasteiger partial charge in [-0.2, -0.15) is 0 Å². The number of hydrogen-bond acceptors (Lipinski definition) is 5. The van der Waals surface area contributed by atoms with Crippen LogP contribution in [0.4, 0.5) is 4.79 Å². The summed E-state index contributed by atoms with van der Waals surface area (Å²) in [6.45, 7) is 8.97. The molecule has 146 valence electrons. The van der Waals surface area contributed by atoms with E-state index in [0.29, 0.717) is 0 Å². The molecule has 7 heteroatoms. The highest BCUT2D eigenvalue weighted by atomic mass is 32.2. The Kier molecular flexibility index (Phi) is 5.73. The fourth-order valence-electron chi connectivity index (χ4n) is 3.48. The molecule has 2 rings (SSSR count). The van der Waals surface area contributed by atoms with Crippen molar-refractivity contribution in [2.24, 2.45) is 5.73 Å². The lowest BCUT2D eigenvalue weighted by Crippen LogP contribution is -2.49. The van der Waals surface area contributed by atoms with Gasteiger partial charge in [-0.3, -0.25) is 0 Å². The lowest BCUT2D eigenvalue weighted by Gasteiger charge is -2.24. The predicted molar refractivity (Wildman–Crippen MR) is 103 cm³/mol. The van der Waals surface area contributed by atoms with Crippen LogP contribution < -0.4 is 11.1 Å². The number of aryl methyl sites for hydroxylation is 1. The van der Waals surface area contributed by atoms with Crippen molar-refractivity contribution in [3.63, 3.8) is 0 Å². The number of alkyl carbamates (subject to hydrolysis) is 1. The van der Waals surface area contributed by atoms with E-state index in [2.05, 4.69) is 12.2 Å². The van der Waals surface area contributed by atoms with Gasteiger partial charge >= 0.3 is 6.09 Å². The highest BCUT2D eigenvalue weighted by Crippen LogP contribution is 2.55. The number of carbonyl (C=O) groups excluding carboxylic acids is 1. The van der Waals surface area contributed by atoms with E-state index in [0.717, 1.165) is 12.0 Å². The van der Waals surface area contributed by atoms with Crippen LogP contribution in [0.1, 0.15) is 51.7 Å². The molecule has 3 unspecified atom stereocenters. The average molecular weight is 383 g/mol. The molecule has 1 aromatic rings. The Morgan fingerprint density at radius 3 is 2.23 bits per heavy atom. The van der Waals surface area contributed by atoms with Gasteiger partial charge in [0.05, 0.1) is 10.8 Å². The molecule has 1 amide bonds. The van der Waals surface area contributed by atoms with Gasteiger partial charge in [0.25, 0.3) is 0 Å². The van der Waals surface area contributed by atoms with E-state index < -0.39 is 32.3 Å². The summed E-state index contributed by atoms with van der Waals surface area (Å²) in [4.78, 5) is 12.3. The predicted octanol–water partition coefficient (Wildman–Crippen LogP) is 2.37. The molecule has 0 bridgehead atoms. The molecule has 6 nitrogen and oxygen atoms in total. The molecule has 0 saturated heterocycles. The average Bonchev–Trinajstić information content (AvgIpc) is 3.22. The second-order valence-electron chi connectivity index (χ2n) is 7.82. The fraction of sp³-hybridized carbons (Fsp3) is 0.632. The molecule has 1 aliphatic carbocycles. The number of amides is 1. The molecule has 0 aromatic heterocycles. The summed E-state index contributed by atoms with van der Waals surface area (Å²) in [5, 5.41) is 2.03. The second-order valence-corrected chi connectivity index (χ2v) is 10.2. The minimum Gasteiger partial charge on any atom is -0.444 e. The first-order valence-electron chi connectivity index (χ1n) is 9.02. The highest BCUT2D eigenvalue weighted by Gasteiger charge is 2.71. The van der Waals surface area contributed by atoms with Crippen LogP contribution in [-0.4, -0.2) is 43.2 Å². The Morgan fingerprint density at radius 2 is 1.81 bits per heavy atom. The summed E-state index contributed by atoms with van der Waals surface area (Å²) in [6.07, 6.45) is 0.256. The summed E-state index contributed by atoms with van der Waals surface area (Å²) < 4.78 is 30.7. The largest absolute Gasteiger partial charge is 0.444 e. The quantitative estimate of drug-likeness (QED) is 0.787. The first-order valence-corrected chi connectivity index (χ1v) is 10.7. The lowest BCUT2D eigenvalue weighted by molar-refractivity contribution is 0.0497. The fourth-order valence-corrected chi connectivity index (χ4v) is 5.52. The number of carbonyl (C=O) groups is 1. The summed E-state index contributed by atoms with van der Waals surface area (Å²) in [7, 11) is -3.40. The summed E-state index contributed by atoms with van der Waals surface area (Å²) >= 11 is 0. The van der Waals surface area contributed by atoms with Crippen molar-refractivity contribution in [1.29, 1.82) is 0 Å². The molecular formula is C19H30N2O4S. The van der Waals surface area contributed by atoms with Crippen LogP contribution in [0.25, 0.3) is 0 Å². The Labute approximate surface area is 156 Å². The van der Waals surface area contributed by atoms with Crippen LogP contribution in [0.5, 0.6) is 0 Å².